The van der Waals surface area contributed by atoms with Crippen LogP contribution in [-0.2, 0) is 4.79 Å². The maximum Gasteiger partial charge on any atom is 0.309 e. The van der Waals surface area contributed by atoms with Gasteiger partial charge in [-0.25, -0.2) is 9.97 Å². The second kappa shape index (κ2) is 8.24. The minimum Gasteiger partial charge on any atom is -0.481 e. The number of rotatable bonds is 5. The van der Waals surface area contributed by atoms with Crippen molar-refractivity contribution in [2.24, 2.45) is 28.2 Å². The van der Waals surface area contributed by atoms with Crippen LogP contribution in [0, 0.1) is 34.6 Å². The standard InChI is InChI=1S/C24H33N7O2/c1-23(2,31-8-6-30(7-9-31)22-26-4-3-5-27-22)20(28-15-25)29-19-17-10-16-11-18(19)14-24(12-16,13-17)21(32)33/h3-5,16-19H,6-14H2,1-2H3,(H,28,29)(H,32,33). The summed E-state index contributed by atoms with van der Waals surface area (Å²) in [4.78, 5) is 29.6. The third-order valence-corrected chi connectivity index (χ3v) is 8.68. The fourth-order valence-electron chi connectivity index (χ4n) is 7.15. The van der Waals surface area contributed by atoms with Gasteiger partial charge in [0.2, 0.25) is 12.1 Å². The van der Waals surface area contributed by atoms with E-state index >= 15 is 0 Å². The molecule has 0 radical (unpaired) electrons. The number of nitriles is 1. The van der Waals surface area contributed by atoms with Crippen molar-refractivity contribution in [2.75, 3.05) is 31.1 Å². The van der Waals surface area contributed by atoms with Crippen LogP contribution in [0.2, 0.25) is 0 Å². The molecule has 1 aromatic rings. The lowest BCUT2D eigenvalue weighted by Crippen LogP contribution is -2.66. The van der Waals surface area contributed by atoms with Gasteiger partial charge in [0.15, 0.2) is 0 Å². The molecule has 2 atom stereocenters. The zero-order valence-electron chi connectivity index (χ0n) is 19.4. The monoisotopic (exact) mass is 451 g/mol. The number of nitrogens with zero attached hydrogens (tertiary/aromatic N) is 6. The Labute approximate surface area is 194 Å². The average Bonchev–Trinajstić information content (AvgIpc) is 2.81. The van der Waals surface area contributed by atoms with E-state index in [1.165, 1.54) is 0 Å². The zero-order valence-corrected chi connectivity index (χ0v) is 19.4. The van der Waals surface area contributed by atoms with Gasteiger partial charge < -0.3 is 15.3 Å². The number of carboxylic acids is 1. The van der Waals surface area contributed by atoms with Crippen molar-refractivity contribution >= 4 is 17.8 Å². The van der Waals surface area contributed by atoms with E-state index in [0.29, 0.717) is 23.6 Å². The first-order chi connectivity index (χ1) is 15.8. The van der Waals surface area contributed by atoms with Gasteiger partial charge in [0, 0.05) is 44.6 Å². The summed E-state index contributed by atoms with van der Waals surface area (Å²) in [5, 5.41) is 23.1. The summed E-state index contributed by atoms with van der Waals surface area (Å²) in [6.07, 6.45) is 10.0. The van der Waals surface area contributed by atoms with Crippen molar-refractivity contribution in [3.05, 3.63) is 18.5 Å². The van der Waals surface area contributed by atoms with Gasteiger partial charge in [-0.05, 0) is 69.8 Å². The number of carbonyl (C=O) groups is 1. The molecule has 2 heterocycles. The molecule has 1 aromatic heterocycles. The van der Waals surface area contributed by atoms with E-state index < -0.39 is 16.9 Å². The number of aliphatic carboxylic acids is 1. The Morgan fingerprint density at radius 3 is 2.39 bits per heavy atom. The highest BCUT2D eigenvalue weighted by atomic mass is 16.4. The molecule has 2 unspecified atom stereocenters. The summed E-state index contributed by atoms with van der Waals surface area (Å²) in [6.45, 7) is 7.51. The lowest BCUT2D eigenvalue weighted by Gasteiger charge is -2.59. The predicted molar refractivity (Wildman–Crippen MR) is 123 cm³/mol. The molecule has 4 aliphatic carbocycles. The molecule has 4 bridgehead atoms. The number of hydrogen-bond acceptors (Lipinski definition) is 7. The van der Waals surface area contributed by atoms with Crippen LogP contribution in [0.3, 0.4) is 0 Å². The molecule has 9 heteroatoms. The van der Waals surface area contributed by atoms with Gasteiger partial charge in [-0.3, -0.25) is 9.69 Å². The van der Waals surface area contributed by atoms with E-state index in [1.807, 2.05) is 12.3 Å². The van der Waals surface area contributed by atoms with Gasteiger partial charge in [0.05, 0.1) is 11.0 Å². The highest BCUT2D eigenvalue weighted by molar-refractivity contribution is 5.92. The summed E-state index contributed by atoms with van der Waals surface area (Å²) in [7, 11) is 0. The summed E-state index contributed by atoms with van der Waals surface area (Å²) >= 11 is 0. The van der Waals surface area contributed by atoms with Crippen LogP contribution < -0.4 is 10.2 Å². The molecule has 6 rings (SSSR count). The molecule has 5 fully saturated rings. The van der Waals surface area contributed by atoms with E-state index in [-0.39, 0.29) is 6.04 Å². The van der Waals surface area contributed by atoms with Crippen LogP contribution in [0.5, 0.6) is 0 Å². The molecule has 5 aliphatic rings. The van der Waals surface area contributed by atoms with E-state index in [4.69, 9.17) is 0 Å². The number of anilines is 1. The molecule has 0 spiro atoms. The van der Waals surface area contributed by atoms with Crippen molar-refractivity contribution in [3.63, 3.8) is 0 Å². The smallest absolute Gasteiger partial charge is 0.309 e. The number of nitrogens with one attached hydrogen (secondary N) is 1. The summed E-state index contributed by atoms with van der Waals surface area (Å²) < 4.78 is 0. The largest absolute Gasteiger partial charge is 0.481 e. The summed E-state index contributed by atoms with van der Waals surface area (Å²) in [5.74, 6) is 2.02. The normalized spacial score (nSPS) is 34.2. The third kappa shape index (κ3) is 3.84. The number of carboxylic acid groups (broad SMARTS) is 1. The molecular formula is C24H33N7O2. The van der Waals surface area contributed by atoms with Crippen molar-refractivity contribution in [1.29, 1.82) is 5.26 Å². The molecule has 1 saturated heterocycles. The Morgan fingerprint density at radius 2 is 1.82 bits per heavy atom. The van der Waals surface area contributed by atoms with E-state index in [0.717, 1.165) is 64.2 Å². The van der Waals surface area contributed by atoms with Gasteiger partial charge in [-0.15, -0.1) is 0 Å². The van der Waals surface area contributed by atoms with Crippen LogP contribution in [0.4, 0.5) is 5.95 Å². The molecule has 4 saturated carbocycles. The van der Waals surface area contributed by atoms with E-state index in [9.17, 15) is 15.2 Å². The first kappa shape index (κ1) is 22.1. The fourth-order valence-corrected chi connectivity index (χ4v) is 7.15. The van der Waals surface area contributed by atoms with Crippen molar-refractivity contribution in [3.8, 4) is 6.19 Å². The fraction of sp³-hybridized carbons (Fsp3) is 0.708. The Kier molecular flexibility index (Phi) is 5.52. The second-order valence-electron chi connectivity index (χ2n) is 10.9. The topological polar surface area (TPSA) is 118 Å². The zero-order chi connectivity index (χ0) is 23.2. The lowest BCUT2D eigenvalue weighted by atomic mass is 9.48. The second-order valence-corrected chi connectivity index (χ2v) is 10.9. The van der Waals surface area contributed by atoms with Gasteiger partial charge >= 0.3 is 5.97 Å². The van der Waals surface area contributed by atoms with Gasteiger partial charge in [0.25, 0.3) is 0 Å². The summed E-state index contributed by atoms with van der Waals surface area (Å²) in [5.41, 5.74) is -0.967. The van der Waals surface area contributed by atoms with E-state index in [1.54, 1.807) is 12.4 Å². The molecule has 33 heavy (non-hydrogen) atoms. The SMILES string of the molecule is CC(C)(/C(=N\C#N)NC1C2CC3CC1CC(C(=O)O)(C3)C2)N1CCN(c2ncccn2)CC1. The van der Waals surface area contributed by atoms with Crippen molar-refractivity contribution < 1.29 is 9.90 Å². The molecular weight excluding hydrogens is 418 g/mol. The Balaban J connectivity index is 1.29. The molecule has 0 aromatic carbocycles. The lowest BCUT2D eigenvalue weighted by molar-refractivity contribution is -0.166. The first-order valence-corrected chi connectivity index (χ1v) is 12.1. The number of hydrogen-bond donors (Lipinski definition) is 2. The summed E-state index contributed by atoms with van der Waals surface area (Å²) in [6, 6.07) is 2.01. The van der Waals surface area contributed by atoms with Gasteiger partial charge in [-0.1, -0.05) is 0 Å². The minimum atomic E-state index is -0.619. The molecule has 1 aliphatic heterocycles. The molecule has 2 N–H and O–H groups in total. The quantitative estimate of drug-likeness (QED) is 0.397. The number of amidine groups is 1. The van der Waals surface area contributed by atoms with Gasteiger partial charge in [0.1, 0.15) is 5.84 Å². The molecule has 0 amide bonds. The van der Waals surface area contributed by atoms with Crippen LogP contribution >= 0.6 is 0 Å². The highest BCUT2D eigenvalue weighted by Gasteiger charge is 2.59. The van der Waals surface area contributed by atoms with Gasteiger partial charge in [-0.2, -0.15) is 10.3 Å². The minimum absolute atomic E-state index is 0.194. The van der Waals surface area contributed by atoms with Crippen LogP contribution in [-0.4, -0.2) is 69.5 Å². The average molecular weight is 452 g/mol. The van der Waals surface area contributed by atoms with Crippen LogP contribution in [0.1, 0.15) is 46.0 Å². The number of aromatic nitrogens is 2. The maximum absolute atomic E-state index is 12.1. The maximum atomic E-state index is 12.1. The Morgan fingerprint density at radius 1 is 1.18 bits per heavy atom. The van der Waals surface area contributed by atoms with Crippen molar-refractivity contribution in [2.45, 2.75) is 57.5 Å². The van der Waals surface area contributed by atoms with E-state index in [2.05, 4.69) is 43.9 Å². The Bertz CT molecular complexity index is 949. The molecule has 176 valence electrons. The number of piperazine rings is 1. The third-order valence-electron chi connectivity index (χ3n) is 8.68. The Hall–Kier alpha value is -2.73. The van der Waals surface area contributed by atoms with Crippen molar-refractivity contribution in [1.82, 2.24) is 20.2 Å². The number of aliphatic imine (C=N–C) groups is 1. The predicted octanol–water partition coefficient (Wildman–Crippen LogP) is 2.13. The first-order valence-electron chi connectivity index (χ1n) is 12.1. The molecule has 9 nitrogen and oxygen atoms in total. The van der Waals surface area contributed by atoms with Crippen LogP contribution in [0.25, 0.3) is 0 Å². The van der Waals surface area contributed by atoms with Crippen LogP contribution in [0.15, 0.2) is 23.5 Å². The highest BCUT2D eigenvalue weighted by Crippen LogP contribution is 2.60.